The smallest absolute Gasteiger partial charge is 0.411 e. The van der Waals surface area contributed by atoms with Gasteiger partial charge in [0.25, 0.3) is 0 Å². The zero-order valence-corrected chi connectivity index (χ0v) is 17.6. The van der Waals surface area contributed by atoms with Gasteiger partial charge in [0.1, 0.15) is 18.7 Å². The van der Waals surface area contributed by atoms with Gasteiger partial charge in [-0.05, 0) is 23.1 Å². The number of fused-ring (bicyclic) bond motifs is 1. The third-order valence-electron chi connectivity index (χ3n) is 5.45. The van der Waals surface area contributed by atoms with Crippen LogP contribution in [0.1, 0.15) is 42.9 Å². The van der Waals surface area contributed by atoms with E-state index in [9.17, 15) is 19.5 Å². The van der Waals surface area contributed by atoms with Crippen LogP contribution in [0, 0.1) is 0 Å². The fourth-order valence-electron chi connectivity index (χ4n) is 3.68. The molecule has 2 amide bonds. The quantitative estimate of drug-likeness (QED) is 0.676. The van der Waals surface area contributed by atoms with Gasteiger partial charge in [-0.1, -0.05) is 74.4 Å². The molecule has 7 nitrogen and oxygen atoms in total. The Balaban J connectivity index is 1.76. The Hall–Kier alpha value is -3.35. The summed E-state index contributed by atoms with van der Waals surface area (Å²) >= 11 is 0. The van der Waals surface area contributed by atoms with Gasteiger partial charge in [0, 0.05) is 6.42 Å². The lowest BCUT2D eigenvalue weighted by atomic mass is 9.93. The highest BCUT2D eigenvalue weighted by Gasteiger charge is 2.37. The summed E-state index contributed by atoms with van der Waals surface area (Å²) in [5.41, 5.74) is 2.76. The molecule has 0 fully saturated rings. The van der Waals surface area contributed by atoms with Crippen molar-refractivity contribution in [3.05, 3.63) is 71.3 Å². The fraction of sp³-hybridized carbons (Fsp3) is 0.375. The largest absolute Gasteiger partial charge is 0.480 e. The first-order valence-electron chi connectivity index (χ1n) is 10.6. The maximum absolute atomic E-state index is 13.1. The molecule has 0 saturated heterocycles. The van der Waals surface area contributed by atoms with Crippen LogP contribution < -0.4 is 5.32 Å². The molecule has 1 aliphatic rings. The van der Waals surface area contributed by atoms with E-state index in [1.807, 2.05) is 61.5 Å². The van der Waals surface area contributed by atoms with Crippen LogP contribution in [0.25, 0.3) is 0 Å². The first kappa shape index (κ1) is 22.3. The third-order valence-corrected chi connectivity index (χ3v) is 5.45. The Morgan fingerprint density at radius 2 is 1.77 bits per heavy atom. The molecule has 31 heavy (non-hydrogen) atoms. The summed E-state index contributed by atoms with van der Waals surface area (Å²) in [6, 6.07) is 15.1. The second-order valence-electron chi connectivity index (χ2n) is 7.70. The predicted octanol–water partition coefficient (Wildman–Crippen LogP) is 3.51. The van der Waals surface area contributed by atoms with Gasteiger partial charge < -0.3 is 15.2 Å². The molecule has 0 unspecified atom stereocenters. The molecular weight excluding hydrogens is 396 g/mol. The number of nitrogens with zero attached hydrogens (tertiary/aromatic N) is 1. The van der Waals surface area contributed by atoms with Crippen LogP contribution in [0.2, 0.25) is 0 Å². The molecule has 164 valence electrons. The monoisotopic (exact) mass is 424 g/mol. The number of carboxylic acid groups (broad SMARTS) is 1. The number of hydrogen-bond donors (Lipinski definition) is 2. The Kier molecular flexibility index (Phi) is 7.65. The van der Waals surface area contributed by atoms with Crippen LogP contribution in [-0.4, -0.2) is 40.1 Å². The number of aliphatic carboxylic acids is 1. The van der Waals surface area contributed by atoms with Crippen LogP contribution in [0.15, 0.2) is 54.6 Å². The first-order chi connectivity index (χ1) is 15.0. The molecule has 0 aliphatic carbocycles. The molecule has 0 saturated carbocycles. The SMILES string of the molecule is CCCC[C@H](NC(=O)[C@@H]1Cc2ccccc2CN1C(=O)OCc1ccccc1)C(=O)O. The van der Waals surface area contributed by atoms with Crippen LogP contribution >= 0.6 is 0 Å². The second kappa shape index (κ2) is 10.6. The molecular formula is C24H28N2O5. The molecule has 7 heteroatoms. The summed E-state index contributed by atoms with van der Waals surface area (Å²) in [4.78, 5) is 38.9. The average molecular weight is 424 g/mol. The minimum atomic E-state index is -1.07. The Labute approximate surface area is 182 Å². The standard InChI is InChI=1S/C24H28N2O5/c1-2-3-13-20(23(28)29)25-22(27)21-14-18-11-7-8-12-19(18)15-26(21)24(30)31-16-17-9-5-4-6-10-17/h4-12,20-21H,2-3,13-16H2,1H3,(H,25,27)(H,28,29)/t20-,21-/m0/s1. The number of amides is 2. The molecule has 3 rings (SSSR count). The Bertz CT molecular complexity index is 915. The number of rotatable bonds is 8. The predicted molar refractivity (Wildman–Crippen MR) is 115 cm³/mol. The van der Waals surface area contributed by atoms with E-state index in [-0.39, 0.29) is 13.2 Å². The number of carboxylic acids is 1. The lowest BCUT2D eigenvalue weighted by Crippen LogP contribution is -2.55. The molecule has 2 aromatic rings. The minimum Gasteiger partial charge on any atom is -0.480 e. The first-order valence-corrected chi connectivity index (χ1v) is 10.6. The Morgan fingerprint density at radius 3 is 2.45 bits per heavy atom. The number of benzene rings is 2. The van der Waals surface area contributed by atoms with Crippen LogP contribution in [0.4, 0.5) is 4.79 Å². The van der Waals surface area contributed by atoms with Gasteiger partial charge in [-0.25, -0.2) is 9.59 Å². The molecule has 2 N–H and O–H groups in total. The highest BCUT2D eigenvalue weighted by Crippen LogP contribution is 2.25. The number of hydrogen-bond acceptors (Lipinski definition) is 4. The topological polar surface area (TPSA) is 95.9 Å². The lowest BCUT2D eigenvalue weighted by Gasteiger charge is -2.35. The summed E-state index contributed by atoms with van der Waals surface area (Å²) in [5.74, 6) is -1.55. The normalized spacial score (nSPS) is 16.2. The average Bonchev–Trinajstić information content (AvgIpc) is 2.79. The molecule has 0 aromatic heterocycles. The maximum Gasteiger partial charge on any atom is 0.411 e. The highest BCUT2D eigenvalue weighted by molar-refractivity contribution is 5.89. The van der Waals surface area contributed by atoms with E-state index in [0.717, 1.165) is 23.1 Å². The highest BCUT2D eigenvalue weighted by atomic mass is 16.6. The zero-order chi connectivity index (χ0) is 22.2. The van der Waals surface area contributed by atoms with Crippen molar-refractivity contribution in [3.63, 3.8) is 0 Å². The lowest BCUT2D eigenvalue weighted by molar-refractivity contribution is -0.143. The van der Waals surface area contributed by atoms with E-state index in [1.54, 1.807) is 0 Å². The van der Waals surface area contributed by atoms with E-state index < -0.39 is 30.1 Å². The van der Waals surface area contributed by atoms with E-state index >= 15 is 0 Å². The minimum absolute atomic E-state index is 0.0976. The van der Waals surface area contributed by atoms with Gasteiger partial charge in [-0.2, -0.15) is 0 Å². The summed E-state index contributed by atoms with van der Waals surface area (Å²) < 4.78 is 5.47. The van der Waals surface area contributed by atoms with Gasteiger partial charge in [0.05, 0.1) is 6.54 Å². The van der Waals surface area contributed by atoms with Crippen molar-refractivity contribution in [2.75, 3.05) is 0 Å². The van der Waals surface area contributed by atoms with Crippen molar-refractivity contribution >= 4 is 18.0 Å². The summed E-state index contributed by atoms with van der Waals surface area (Å²) in [6.07, 6.45) is 1.57. The van der Waals surface area contributed by atoms with Gasteiger partial charge in [-0.15, -0.1) is 0 Å². The number of carbonyl (C=O) groups is 3. The van der Waals surface area contributed by atoms with Gasteiger partial charge in [-0.3, -0.25) is 9.69 Å². The zero-order valence-electron chi connectivity index (χ0n) is 17.6. The summed E-state index contributed by atoms with van der Waals surface area (Å²) in [5, 5.41) is 12.1. The van der Waals surface area contributed by atoms with E-state index in [0.29, 0.717) is 19.3 Å². The number of carbonyl (C=O) groups excluding carboxylic acids is 2. The van der Waals surface area contributed by atoms with Crippen molar-refractivity contribution in [2.24, 2.45) is 0 Å². The van der Waals surface area contributed by atoms with E-state index in [4.69, 9.17) is 4.74 Å². The van der Waals surface area contributed by atoms with Crippen LogP contribution in [-0.2, 0) is 33.9 Å². The molecule has 1 heterocycles. The van der Waals surface area contributed by atoms with Gasteiger partial charge in [0.15, 0.2) is 0 Å². The van der Waals surface area contributed by atoms with Crippen LogP contribution in [0.5, 0.6) is 0 Å². The molecule has 0 bridgehead atoms. The van der Waals surface area contributed by atoms with Crippen molar-refractivity contribution in [2.45, 2.75) is 57.8 Å². The van der Waals surface area contributed by atoms with Gasteiger partial charge in [0.2, 0.25) is 5.91 Å². The number of unbranched alkanes of at least 4 members (excludes halogenated alkanes) is 1. The van der Waals surface area contributed by atoms with E-state index in [1.165, 1.54) is 4.90 Å². The second-order valence-corrected chi connectivity index (χ2v) is 7.70. The number of nitrogens with one attached hydrogen (secondary N) is 1. The molecule has 2 aromatic carbocycles. The van der Waals surface area contributed by atoms with Crippen molar-refractivity contribution < 1.29 is 24.2 Å². The molecule has 2 atom stereocenters. The molecule has 0 spiro atoms. The van der Waals surface area contributed by atoms with Crippen molar-refractivity contribution in [1.82, 2.24) is 10.2 Å². The van der Waals surface area contributed by atoms with Crippen LogP contribution in [0.3, 0.4) is 0 Å². The molecule has 0 radical (unpaired) electrons. The maximum atomic E-state index is 13.1. The summed E-state index contributed by atoms with van der Waals surface area (Å²) in [7, 11) is 0. The van der Waals surface area contributed by atoms with Crippen molar-refractivity contribution in [1.29, 1.82) is 0 Å². The Morgan fingerprint density at radius 1 is 1.10 bits per heavy atom. The third kappa shape index (κ3) is 5.84. The van der Waals surface area contributed by atoms with Crippen molar-refractivity contribution in [3.8, 4) is 0 Å². The number of ether oxygens (including phenoxy) is 1. The van der Waals surface area contributed by atoms with E-state index in [2.05, 4.69) is 5.32 Å². The van der Waals surface area contributed by atoms with Gasteiger partial charge >= 0.3 is 12.1 Å². The summed E-state index contributed by atoms with van der Waals surface area (Å²) in [6.45, 7) is 2.29. The molecule has 1 aliphatic heterocycles. The fourth-order valence-corrected chi connectivity index (χ4v) is 3.68.